The molecule has 0 aliphatic carbocycles. The summed E-state index contributed by atoms with van der Waals surface area (Å²) >= 11 is 2.38. The normalized spacial score (nSPS) is 26.0. The number of hydrogen-bond acceptors (Lipinski definition) is 3. The van der Waals surface area contributed by atoms with Crippen LogP contribution in [0.1, 0.15) is 12.8 Å². The predicted octanol–water partition coefficient (Wildman–Crippen LogP) is 1.67. The second-order valence-electron chi connectivity index (χ2n) is 3.15. The molecule has 0 spiro atoms. The number of halogens is 1. The van der Waals surface area contributed by atoms with Gasteiger partial charge in [-0.3, -0.25) is 0 Å². The van der Waals surface area contributed by atoms with Gasteiger partial charge in [0.1, 0.15) is 6.79 Å². The highest BCUT2D eigenvalue weighted by Gasteiger charge is 2.17. The summed E-state index contributed by atoms with van der Waals surface area (Å²) in [6.07, 6.45) is 2.59. The average Bonchev–Trinajstić information content (AvgIpc) is 2.05. The van der Waals surface area contributed by atoms with Gasteiger partial charge in [-0.2, -0.15) is 0 Å². The summed E-state index contributed by atoms with van der Waals surface area (Å²) in [5.74, 6) is 0.700. The first-order valence-electron chi connectivity index (χ1n) is 4.30. The van der Waals surface area contributed by atoms with E-state index in [9.17, 15) is 0 Å². The Hall–Kier alpha value is 0.610. The molecule has 1 unspecified atom stereocenters. The van der Waals surface area contributed by atoms with E-state index in [1.54, 1.807) is 7.11 Å². The molecule has 1 saturated heterocycles. The monoisotopic (exact) mass is 285 g/mol. The van der Waals surface area contributed by atoms with Crippen LogP contribution in [0.5, 0.6) is 0 Å². The zero-order valence-corrected chi connectivity index (χ0v) is 9.62. The van der Waals surface area contributed by atoms with Gasteiger partial charge in [0.05, 0.1) is 6.61 Å². The molecule has 4 heteroatoms. The predicted molar refractivity (Wildman–Crippen MR) is 56.1 cm³/mol. The van der Waals surface area contributed by atoms with Crippen LogP contribution in [0.2, 0.25) is 0 Å². The van der Waals surface area contributed by atoms with Crippen LogP contribution in [-0.4, -0.2) is 36.7 Å². The molecule has 0 aromatic heterocycles. The first-order valence-corrected chi connectivity index (χ1v) is 5.27. The molecule has 0 N–H and O–H groups in total. The Morgan fingerprint density at radius 1 is 1.58 bits per heavy atom. The quantitative estimate of drug-likeness (QED) is 0.339. The number of piperidine rings is 1. The van der Waals surface area contributed by atoms with E-state index in [0.717, 1.165) is 13.2 Å². The lowest BCUT2D eigenvalue weighted by atomic mass is 10.0. The fourth-order valence-electron chi connectivity index (χ4n) is 1.45. The molecular weight excluding hydrogens is 269 g/mol. The van der Waals surface area contributed by atoms with Crippen molar-refractivity contribution in [3.63, 3.8) is 0 Å². The van der Waals surface area contributed by atoms with Crippen molar-refractivity contribution in [2.75, 3.05) is 33.6 Å². The lowest BCUT2D eigenvalue weighted by Gasteiger charge is -2.27. The van der Waals surface area contributed by atoms with Gasteiger partial charge in [-0.15, -0.1) is 0 Å². The maximum atomic E-state index is 5.32. The lowest BCUT2D eigenvalue weighted by Crippen LogP contribution is -2.30. The SMILES string of the molecule is COCOCC1CCCN(I)C1. The molecule has 0 aromatic carbocycles. The summed E-state index contributed by atoms with van der Waals surface area (Å²) in [6.45, 7) is 3.65. The van der Waals surface area contributed by atoms with Gasteiger partial charge >= 0.3 is 0 Å². The summed E-state index contributed by atoms with van der Waals surface area (Å²) in [6, 6.07) is 0. The van der Waals surface area contributed by atoms with Crippen molar-refractivity contribution in [2.45, 2.75) is 12.8 Å². The molecule has 72 valence electrons. The van der Waals surface area contributed by atoms with Crippen molar-refractivity contribution in [1.82, 2.24) is 3.11 Å². The fraction of sp³-hybridized carbons (Fsp3) is 1.00. The van der Waals surface area contributed by atoms with Gasteiger partial charge < -0.3 is 9.47 Å². The molecule has 0 radical (unpaired) electrons. The second kappa shape index (κ2) is 6.12. The Balaban J connectivity index is 2.06. The minimum Gasteiger partial charge on any atom is -0.359 e. The molecule has 1 rings (SSSR count). The van der Waals surface area contributed by atoms with E-state index in [1.807, 2.05) is 0 Å². The summed E-state index contributed by atoms with van der Waals surface area (Å²) in [4.78, 5) is 0. The minimum absolute atomic E-state index is 0.428. The maximum Gasteiger partial charge on any atom is 0.146 e. The Bertz CT molecular complexity index is 124. The summed E-state index contributed by atoms with van der Waals surface area (Å²) in [7, 11) is 1.66. The topological polar surface area (TPSA) is 21.7 Å². The van der Waals surface area contributed by atoms with Crippen LogP contribution in [-0.2, 0) is 9.47 Å². The third-order valence-corrected chi connectivity index (χ3v) is 2.90. The Morgan fingerprint density at radius 2 is 2.42 bits per heavy atom. The van der Waals surface area contributed by atoms with Crippen molar-refractivity contribution in [1.29, 1.82) is 0 Å². The number of ether oxygens (including phenoxy) is 2. The third kappa shape index (κ3) is 4.02. The van der Waals surface area contributed by atoms with Gasteiger partial charge in [0.2, 0.25) is 0 Å². The van der Waals surface area contributed by atoms with Gasteiger partial charge in [-0.1, -0.05) is 0 Å². The van der Waals surface area contributed by atoms with E-state index in [-0.39, 0.29) is 0 Å². The molecule has 1 aliphatic rings. The molecule has 0 amide bonds. The van der Waals surface area contributed by atoms with Crippen LogP contribution in [0, 0.1) is 5.92 Å². The molecule has 3 nitrogen and oxygen atoms in total. The van der Waals surface area contributed by atoms with Crippen LogP contribution < -0.4 is 0 Å². The number of rotatable bonds is 4. The molecule has 12 heavy (non-hydrogen) atoms. The van der Waals surface area contributed by atoms with Gasteiger partial charge in [-0.25, -0.2) is 3.11 Å². The van der Waals surface area contributed by atoms with E-state index in [4.69, 9.17) is 9.47 Å². The first-order chi connectivity index (χ1) is 5.83. The number of methoxy groups -OCH3 is 1. The van der Waals surface area contributed by atoms with Crippen LogP contribution in [0.15, 0.2) is 0 Å². The molecule has 1 heterocycles. The van der Waals surface area contributed by atoms with Crippen molar-refractivity contribution in [3.05, 3.63) is 0 Å². The third-order valence-electron chi connectivity index (χ3n) is 2.02. The number of nitrogens with zero attached hydrogens (tertiary/aromatic N) is 1. The van der Waals surface area contributed by atoms with Crippen LogP contribution in [0.4, 0.5) is 0 Å². The standard InChI is InChI=1S/C8H16INO2/c1-11-7-12-6-8-3-2-4-10(9)5-8/h8H,2-7H2,1H3. The lowest BCUT2D eigenvalue weighted by molar-refractivity contribution is -0.0474. The minimum atomic E-state index is 0.428. The highest BCUT2D eigenvalue weighted by molar-refractivity contribution is 14.1. The van der Waals surface area contributed by atoms with E-state index in [1.165, 1.54) is 19.4 Å². The average molecular weight is 285 g/mol. The summed E-state index contributed by atoms with van der Waals surface area (Å²) in [5.41, 5.74) is 0. The van der Waals surface area contributed by atoms with Crippen LogP contribution in [0.3, 0.4) is 0 Å². The summed E-state index contributed by atoms with van der Waals surface area (Å²) in [5, 5.41) is 0. The molecule has 0 bridgehead atoms. The Morgan fingerprint density at radius 3 is 3.08 bits per heavy atom. The van der Waals surface area contributed by atoms with E-state index in [0.29, 0.717) is 12.7 Å². The molecule has 1 atom stereocenters. The highest BCUT2D eigenvalue weighted by Crippen LogP contribution is 2.19. The van der Waals surface area contributed by atoms with Gasteiger partial charge in [0.15, 0.2) is 0 Å². The fourth-order valence-corrected chi connectivity index (χ4v) is 2.35. The molecular formula is C8H16INO2. The Kier molecular flexibility index (Phi) is 5.45. The maximum absolute atomic E-state index is 5.32. The first kappa shape index (κ1) is 10.7. The van der Waals surface area contributed by atoms with Crippen molar-refractivity contribution in [3.8, 4) is 0 Å². The van der Waals surface area contributed by atoms with E-state index >= 15 is 0 Å². The van der Waals surface area contributed by atoms with Gasteiger partial charge in [0.25, 0.3) is 0 Å². The molecule has 0 aromatic rings. The van der Waals surface area contributed by atoms with Crippen LogP contribution >= 0.6 is 22.9 Å². The van der Waals surface area contributed by atoms with E-state index in [2.05, 4.69) is 26.0 Å². The molecule has 0 saturated carbocycles. The Labute approximate surface area is 87.9 Å². The van der Waals surface area contributed by atoms with Gasteiger partial charge in [0, 0.05) is 43.1 Å². The summed E-state index contributed by atoms with van der Waals surface area (Å²) < 4.78 is 12.5. The van der Waals surface area contributed by atoms with Crippen LogP contribution in [0.25, 0.3) is 0 Å². The van der Waals surface area contributed by atoms with E-state index < -0.39 is 0 Å². The second-order valence-corrected chi connectivity index (χ2v) is 4.52. The number of hydrogen-bond donors (Lipinski definition) is 0. The van der Waals surface area contributed by atoms with Crippen molar-refractivity contribution in [2.24, 2.45) is 5.92 Å². The van der Waals surface area contributed by atoms with Crippen molar-refractivity contribution >= 4 is 22.9 Å². The van der Waals surface area contributed by atoms with Crippen molar-refractivity contribution < 1.29 is 9.47 Å². The zero-order valence-electron chi connectivity index (χ0n) is 7.46. The smallest absolute Gasteiger partial charge is 0.146 e. The zero-order chi connectivity index (χ0) is 8.81. The largest absolute Gasteiger partial charge is 0.359 e. The van der Waals surface area contributed by atoms with Gasteiger partial charge in [-0.05, 0) is 18.8 Å². The molecule has 1 fully saturated rings. The molecule has 1 aliphatic heterocycles. The highest BCUT2D eigenvalue weighted by atomic mass is 127.